The first-order valence-corrected chi connectivity index (χ1v) is 5.47. The highest BCUT2D eigenvalue weighted by Gasteiger charge is 2.15. The Morgan fingerprint density at radius 3 is 2.89 bits per heavy atom. The number of aryl methyl sites for hydroxylation is 1. The normalized spacial score (nSPS) is 13.2. The summed E-state index contributed by atoms with van der Waals surface area (Å²) >= 11 is 0. The van der Waals surface area contributed by atoms with E-state index in [4.69, 9.17) is 10.9 Å². The van der Waals surface area contributed by atoms with E-state index in [2.05, 4.69) is 10.5 Å². The number of carbonyl (C=O) groups excluding carboxylic acids is 1. The lowest BCUT2D eigenvalue weighted by atomic mass is 10.1. The molecule has 1 amide bonds. The Hall–Kier alpha value is -2.11. The summed E-state index contributed by atoms with van der Waals surface area (Å²) in [6.07, 6.45) is 0.190. The van der Waals surface area contributed by atoms with E-state index in [1.165, 1.54) is 12.1 Å². The molecule has 0 aromatic heterocycles. The summed E-state index contributed by atoms with van der Waals surface area (Å²) < 4.78 is 13.4. The molecule has 4 N–H and O–H groups in total. The van der Waals surface area contributed by atoms with Gasteiger partial charge in [-0.2, -0.15) is 0 Å². The van der Waals surface area contributed by atoms with E-state index in [0.717, 1.165) is 5.56 Å². The first-order valence-electron chi connectivity index (χ1n) is 5.47. The van der Waals surface area contributed by atoms with Crippen LogP contribution >= 0.6 is 0 Å². The van der Waals surface area contributed by atoms with Gasteiger partial charge in [0.1, 0.15) is 11.7 Å². The maximum atomic E-state index is 13.4. The summed E-state index contributed by atoms with van der Waals surface area (Å²) in [5.41, 5.74) is 6.10. The number of benzene rings is 1. The highest BCUT2D eigenvalue weighted by atomic mass is 19.1. The largest absolute Gasteiger partial charge is 0.409 e. The number of oxime groups is 1. The summed E-state index contributed by atoms with van der Waals surface area (Å²) in [6.45, 7) is 3.46. The second-order valence-electron chi connectivity index (χ2n) is 4.15. The molecule has 18 heavy (non-hydrogen) atoms. The van der Waals surface area contributed by atoms with Crippen molar-refractivity contribution >= 4 is 11.7 Å². The highest BCUT2D eigenvalue weighted by molar-refractivity contribution is 5.95. The molecule has 1 aromatic rings. The lowest BCUT2D eigenvalue weighted by Crippen LogP contribution is -2.36. The molecule has 0 bridgehead atoms. The van der Waals surface area contributed by atoms with Crippen molar-refractivity contribution in [3.63, 3.8) is 0 Å². The lowest BCUT2D eigenvalue weighted by molar-refractivity contribution is 0.0937. The predicted octanol–water partition coefficient (Wildman–Crippen LogP) is 1.39. The summed E-state index contributed by atoms with van der Waals surface area (Å²) in [5.74, 6) is -1.09. The smallest absolute Gasteiger partial charge is 0.254 e. The fourth-order valence-electron chi connectivity index (χ4n) is 1.52. The van der Waals surface area contributed by atoms with Crippen molar-refractivity contribution in [2.45, 2.75) is 26.3 Å². The van der Waals surface area contributed by atoms with Gasteiger partial charge in [0, 0.05) is 12.5 Å². The van der Waals surface area contributed by atoms with E-state index in [-0.39, 0.29) is 23.9 Å². The van der Waals surface area contributed by atoms with Crippen molar-refractivity contribution in [3.8, 4) is 0 Å². The molecular weight excluding hydrogens is 237 g/mol. The molecule has 0 aliphatic heterocycles. The molecule has 5 nitrogen and oxygen atoms in total. The molecule has 0 spiro atoms. The van der Waals surface area contributed by atoms with Gasteiger partial charge in [-0.25, -0.2) is 4.39 Å². The Morgan fingerprint density at radius 2 is 2.28 bits per heavy atom. The average molecular weight is 253 g/mol. The molecule has 0 radical (unpaired) electrons. The molecule has 0 saturated carbocycles. The minimum Gasteiger partial charge on any atom is -0.409 e. The number of rotatable bonds is 4. The van der Waals surface area contributed by atoms with Gasteiger partial charge >= 0.3 is 0 Å². The molecule has 1 aromatic carbocycles. The Kier molecular flexibility index (Phi) is 4.65. The maximum absolute atomic E-state index is 13.4. The number of nitrogens with zero attached hydrogens (tertiary/aromatic N) is 1. The van der Waals surface area contributed by atoms with E-state index in [1.54, 1.807) is 19.9 Å². The standard InChI is InChI=1S/C12H16FN3O2/c1-7-3-4-10(13)9(5-7)12(17)15-8(2)6-11(14)16-18/h3-5,8,18H,6H2,1-2H3,(H2,14,16)(H,15,17). The van der Waals surface area contributed by atoms with Gasteiger partial charge in [0.15, 0.2) is 0 Å². The number of hydrogen-bond donors (Lipinski definition) is 3. The third-order valence-electron chi connectivity index (χ3n) is 2.39. The molecule has 0 saturated heterocycles. The van der Waals surface area contributed by atoms with E-state index in [0.29, 0.717) is 0 Å². The molecule has 98 valence electrons. The van der Waals surface area contributed by atoms with Crippen molar-refractivity contribution in [2.75, 3.05) is 0 Å². The molecule has 0 heterocycles. The van der Waals surface area contributed by atoms with Crippen LogP contribution in [0.1, 0.15) is 29.3 Å². The third-order valence-corrected chi connectivity index (χ3v) is 2.39. The van der Waals surface area contributed by atoms with Crippen LogP contribution in [0.25, 0.3) is 0 Å². The molecule has 0 aliphatic rings. The van der Waals surface area contributed by atoms with Gasteiger partial charge in [0.05, 0.1) is 5.56 Å². The second kappa shape index (κ2) is 6.00. The fraction of sp³-hybridized carbons (Fsp3) is 0.333. The summed E-state index contributed by atoms with van der Waals surface area (Å²) in [7, 11) is 0. The van der Waals surface area contributed by atoms with Gasteiger partial charge in [-0.1, -0.05) is 16.8 Å². The van der Waals surface area contributed by atoms with Crippen molar-refractivity contribution in [1.82, 2.24) is 5.32 Å². The van der Waals surface area contributed by atoms with E-state index < -0.39 is 11.7 Å². The number of nitrogens with one attached hydrogen (secondary N) is 1. The van der Waals surface area contributed by atoms with Crippen LogP contribution in [0.5, 0.6) is 0 Å². The van der Waals surface area contributed by atoms with Crippen molar-refractivity contribution in [1.29, 1.82) is 0 Å². The van der Waals surface area contributed by atoms with Gasteiger partial charge in [-0.3, -0.25) is 4.79 Å². The van der Waals surface area contributed by atoms with Crippen molar-refractivity contribution < 1.29 is 14.4 Å². The third kappa shape index (κ3) is 3.73. The van der Waals surface area contributed by atoms with Crippen LogP contribution in [-0.2, 0) is 0 Å². The quantitative estimate of drug-likeness (QED) is 0.328. The molecule has 1 atom stereocenters. The van der Waals surface area contributed by atoms with Crippen LogP contribution < -0.4 is 11.1 Å². The van der Waals surface area contributed by atoms with Crippen molar-refractivity contribution in [2.24, 2.45) is 10.9 Å². The maximum Gasteiger partial charge on any atom is 0.254 e. The topological polar surface area (TPSA) is 87.7 Å². The van der Waals surface area contributed by atoms with Gasteiger partial charge in [-0.15, -0.1) is 0 Å². The van der Waals surface area contributed by atoms with E-state index in [1.807, 2.05) is 0 Å². The van der Waals surface area contributed by atoms with E-state index in [9.17, 15) is 9.18 Å². The molecular formula is C12H16FN3O2. The Balaban J connectivity index is 2.73. The number of amidine groups is 1. The summed E-state index contributed by atoms with van der Waals surface area (Å²) in [4.78, 5) is 11.8. The Labute approximate surface area is 104 Å². The SMILES string of the molecule is Cc1ccc(F)c(C(=O)NC(C)CC(N)=NO)c1. The molecule has 0 fully saturated rings. The predicted molar refractivity (Wildman–Crippen MR) is 66.1 cm³/mol. The Bertz CT molecular complexity index is 474. The van der Waals surface area contributed by atoms with Crippen LogP contribution in [0.4, 0.5) is 4.39 Å². The zero-order valence-electron chi connectivity index (χ0n) is 10.3. The highest BCUT2D eigenvalue weighted by Crippen LogP contribution is 2.10. The number of hydrogen-bond acceptors (Lipinski definition) is 3. The average Bonchev–Trinajstić information content (AvgIpc) is 2.31. The second-order valence-corrected chi connectivity index (χ2v) is 4.15. The zero-order chi connectivity index (χ0) is 13.7. The van der Waals surface area contributed by atoms with Gasteiger partial charge in [0.25, 0.3) is 5.91 Å². The van der Waals surface area contributed by atoms with Crippen LogP contribution in [0.3, 0.4) is 0 Å². The molecule has 6 heteroatoms. The van der Waals surface area contributed by atoms with Crippen LogP contribution in [0.15, 0.2) is 23.4 Å². The zero-order valence-corrected chi connectivity index (χ0v) is 10.3. The van der Waals surface area contributed by atoms with Gasteiger partial charge in [0.2, 0.25) is 0 Å². The van der Waals surface area contributed by atoms with Crippen LogP contribution in [0.2, 0.25) is 0 Å². The Morgan fingerprint density at radius 1 is 1.61 bits per heavy atom. The van der Waals surface area contributed by atoms with E-state index >= 15 is 0 Å². The van der Waals surface area contributed by atoms with Crippen LogP contribution in [0, 0.1) is 12.7 Å². The van der Waals surface area contributed by atoms with Gasteiger partial charge in [-0.05, 0) is 26.0 Å². The fourth-order valence-corrected chi connectivity index (χ4v) is 1.52. The van der Waals surface area contributed by atoms with Gasteiger partial charge < -0.3 is 16.3 Å². The number of nitrogens with two attached hydrogens (primary N) is 1. The molecule has 1 rings (SSSR count). The van der Waals surface area contributed by atoms with Crippen LogP contribution in [-0.4, -0.2) is 23.0 Å². The molecule has 0 aliphatic carbocycles. The number of halogens is 1. The minimum atomic E-state index is -0.575. The number of amides is 1. The first kappa shape index (κ1) is 14.0. The van der Waals surface area contributed by atoms with Crippen molar-refractivity contribution in [3.05, 3.63) is 35.1 Å². The summed E-state index contributed by atoms with van der Waals surface area (Å²) in [5, 5.41) is 13.8. The molecule has 1 unspecified atom stereocenters. The first-order chi connectivity index (χ1) is 8.43. The minimum absolute atomic E-state index is 0.00696. The summed E-state index contributed by atoms with van der Waals surface area (Å²) in [6, 6.07) is 3.96. The number of carbonyl (C=O) groups is 1. The lowest BCUT2D eigenvalue weighted by Gasteiger charge is -2.13. The monoisotopic (exact) mass is 253 g/mol.